The average molecular weight is 490 g/mol. The van der Waals surface area contributed by atoms with Crippen molar-refractivity contribution >= 4 is 51.0 Å². The van der Waals surface area contributed by atoms with Crippen LogP contribution < -0.4 is 9.73 Å². The van der Waals surface area contributed by atoms with E-state index in [9.17, 15) is 13.2 Å². The van der Waals surface area contributed by atoms with Gasteiger partial charge in [-0.25, -0.2) is 13.8 Å². The highest BCUT2D eigenvalue weighted by Crippen LogP contribution is 2.25. The number of benzene rings is 3. The predicted octanol–water partition coefficient (Wildman–Crippen LogP) is 4.96. The highest BCUT2D eigenvalue weighted by molar-refractivity contribution is 7.92. The van der Waals surface area contributed by atoms with Crippen LogP contribution in [0.3, 0.4) is 0 Å². The smallest absolute Gasteiger partial charge is 0.264 e. The molecule has 0 radical (unpaired) electrons. The molecule has 0 saturated heterocycles. The summed E-state index contributed by atoms with van der Waals surface area (Å²) in [5.41, 5.74) is 5.31. The summed E-state index contributed by atoms with van der Waals surface area (Å²) in [6.07, 6.45) is 1.40. The van der Waals surface area contributed by atoms with Crippen LogP contribution in [0.25, 0.3) is 0 Å². The SMILES string of the molecule is Cc1ccc(N(CC(=O)N/N=C\c2ccc(Cl)c(Cl)c2)S(=O)(=O)c2ccccc2)cc1C. The van der Waals surface area contributed by atoms with Gasteiger partial charge in [0.15, 0.2) is 0 Å². The number of hydrogen-bond acceptors (Lipinski definition) is 4. The van der Waals surface area contributed by atoms with Crippen molar-refractivity contribution in [3.8, 4) is 0 Å². The van der Waals surface area contributed by atoms with Gasteiger partial charge in [-0.1, -0.05) is 53.5 Å². The lowest BCUT2D eigenvalue weighted by Crippen LogP contribution is -2.39. The maximum atomic E-state index is 13.3. The van der Waals surface area contributed by atoms with E-state index in [1.807, 2.05) is 19.9 Å². The van der Waals surface area contributed by atoms with Gasteiger partial charge in [0.1, 0.15) is 6.54 Å². The standard InChI is InChI=1S/C23H21Cl2N3O3S/c1-16-8-10-19(12-17(16)2)28(32(30,31)20-6-4-3-5-7-20)15-23(29)27-26-14-18-9-11-21(24)22(25)13-18/h3-14H,15H2,1-2H3,(H,27,29)/b26-14-. The third-order valence-corrected chi connectivity index (χ3v) is 7.27. The zero-order chi connectivity index (χ0) is 23.3. The number of rotatable bonds is 7. The summed E-state index contributed by atoms with van der Waals surface area (Å²) in [4.78, 5) is 12.7. The summed E-state index contributed by atoms with van der Waals surface area (Å²) < 4.78 is 27.7. The minimum Gasteiger partial charge on any atom is -0.271 e. The minimum atomic E-state index is -3.98. The van der Waals surface area contributed by atoms with E-state index in [4.69, 9.17) is 23.2 Å². The second-order valence-corrected chi connectivity index (χ2v) is 9.74. The molecule has 32 heavy (non-hydrogen) atoms. The molecule has 0 unspecified atom stereocenters. The topological polar surface area (TPSA) is 78.8 Å². The lowest BCUT2D eigenvalue weighted by molar-refractivity contribution is -0.119. The quantitative estimate of drug-likeness (QED) is 0.376. The first-order valence-corrected chi connectivity index (χ1v) is 11.8. The van der Waals surface area contributed by atoms with Gasteiger partial charge in [0.05, 0.1) is 26.8 Å². The summed E-state index contributed by atoms with van der Waals surface area (Å²) in [5.74, 6) is -0.598. The second-order valence-electron chi connectivity index (χ2n) is 7.06. The number of nitrogens with one attached hydrogen (secondary N) is 1. The molecule has 166 valence electrons. The van der Waals surface area contributed by atoms with E-state index >= 15 is 0 Å². The van der Waals surface area contributed by atoms with Gasteiger partial charge in [-0.05, 0) is 66.9 Å². The van der Waals surface area contributed by atoms with Crippen molar-refractivity contribution < 1.29 is 13.2 Å². The molecule has 9 heteroatoms. The van der Waals surface area contributed by atoms with Gasteiger partial charge in [-0.15, -0.1) is 0 Å². The van der Waals surface area contributed by atoms with Crippen molar-refractivity contribution in [2.24, 2.45) is 5.10 Å². The monoisotopic (exact) mass is 489 g/mol. The molecule has 0 fully saturated rings. The molecule has 3 rings (SSSR count). The number of sulfonamides is 1. The fourth-order valence-corrected chi connectivity index (χ4v) is 4.59. The van der Waals surface area contributed by atoms with E-state index in [1.54, 1.807) is 48.5 Å². The molecule has 0 heterocycles. The molecule has 0 aliphatic carbocycles. The van der Waals surface area contributed by atoms with Crippen molar-refractivity contribution in [2.45, 2.75) is 18.7 Å². The normalized spacial score (nSPS) is 11.5. The van der Waals surface area contributed by atoms with Crippen molar-refractivity contribution in [3.05, 3.63) is 93.5 Å². The van der Waals surface area contributed by atoms with Gasteiger partial charge in [-0.3, -0.25) is 9.10 Å². The average Bonchev–Trinajstić information content (AvgIpc) is 2.77. The Morgan fingerprint density at radius 1 is 0.969 bits per heavy atom. The molecule has 0 aromatic heterocycles. The Morgan fingerprint density at radius 2 is 1.69 bits per heavy atom. The van der Waals surface area contributed by atoms with Crippen molar-refractivity contribution in [1.82, 2.24) is 5.43 Å². The Labute approximate surface area is 197 Å². The number of carbonyl (C=O) groups is 1. The molecule has 3 aromatic carbocycles. The molecule has 0 aliphatic rings. The number of anilines is 1. The van der Waals surface area contributed by atoms with Crippen molar-refractivity contribution in [1.29, 1.82) is 0 Å². The van der Waals surface area contributed by atoms with Crippen LogP contribution in [0.2, 0.25) is 10.0 Å². The van der Waals surface area contributed by atoms with Crippen LogP contribution in [0.4, 0.5) is 5.69 Å². The summed E-state index contributed by atoms with van der Waals surface area (Å²) in [5, 5.41) is 4.66. The molecule has 0 bridgehead atoms. The number of nitrogens with zero attached hydrogens (tertiary/aromatic N) is 2. The number of aryl methyl sites for hydroxylation is 2. The number of hydrogen-bond donors (Lipinski definition) is 1. The third-order valence-electron chi connectivity index (χ3n) is 4.74. The Hall–Kier alpha value is -2.87. The van der Waals surface area contributed by atoms with Gasteiger partial charge in [0.25, 0.3) is 15.9 Å². The lowest BCUT2D eigenvalue weighted by atomic mass is 10.1. The van der Waals surface area contributed by atoms with Crippen LogP contribution in [0, 0.1) is 13.8 Å². The molecule has 1 N–H and O–H groups in total. The van der Waals surface area contributed by atoms with E-state index in [-0.39, 0.29) is 4.90 Å². The lowest BCUT2D eigenvalue weighted by Gasteiger charge is -2.24. The summed E-state index contributed by atoms with van der Waals surface area (Å²) >= 11 is 11.9. The Balaban J connectivity index is 1.85. The van der Waals surface area contributed by atoms with Crippen LogP contribution in [0.15, 0.2) is 76.7 Å². The molecule has 3 aromatic rings. The van der Waals surface area contributed by atoms with E-state index in [0.29, 0.717) is 21.3 Å². The van der Waals surface area contributed by atoms with Crippen molar-refractivity contribution in [3.63, 3.8) is 0 Å². The Morgan fingerprint density at radius 3 is 2.34 bits per heavy atom. The van der Waals surface area contributed by atoms with Crippen LogP contribution in [0.1, 0.15) is 16.7 Å². The zero-order valence-corrected chi connectivity index (χ0v) is 19.7. The number of carbonyl (C=O) groups excluding carboxylic acids is 1. The molecular weight excluding hydrogens is 469 g/mol. The zero-order valence-electron chi connectivity index (χ0n) is 17.4. The highest BCUT2D eigenvalue weighted by Gasteiger charge is 2.27. The van der Waals surface area contributed by atoms with Crippen LogP contribution in [-0.4, -0.2) is 27.1 Å². The first-order chi connectivity index (χ1) is 15.2. The molecular formula is C23H21Cl2N3O3S. The Bertz CT molecular complexity index is 1260. The minimum absolute atomic E-state index is 0.0883. The van der Waals surface area contributed by atoms with Gasteiger partial charge in [-0.2, -0.15) is 5.10 Å². The van der Waals surface area contributed by atoms with Crippen molar-refractivity contribution in [2.75, 3.05) is 10.8 Å². The number of hydrazone groups is 1. The van der Waals surface area contributed by atoms with Crippen LogP contribution in [-0.2, 0) is 14.8 Å². The largest absolute Gasteiger partial charge is 0.271 e. The van der Waals surface area contributed by atoms with Gasteiger partial charge >= 0.3 is 0 Å². The van der Waals surface area contributed by atoms with E-state index in [1.165, 1.54) is 18.3 Å². The maximum absolute atomic E-state index is 13.3. The first-order valence-electron chi connectivity index (χ1n) is 9.60. The molecule has 1 amide bonds. The fraction of sp³-hybridized carbons (Fsp3) is 0.130. The number of amides is 1. The summed E-state index contributed by atoms with van der Waals surface area (Å²) in [6.45, 7) is 3.37. The molecule has 0 saturated carbocycles. The first kappa shape index (κ1) is 23.8. The van der Waals surface area contributed by atoms with E-state index in [2.05, 4.69) is 10.5 Å². The van der Waals surface area contributed by atoms with Crippen LogP contribution >= 0.6 is 23.2 Å². The van der Waals surface area contributed by atoms with E-state index < -0.39 is 22.5 Å². The van der Waals surface area contributed by atoms with Gasteiger partial charge < -0.3 is 0 Å². The molecule has 0 spiro atoms. The van der Waals surface area contributed by atoms with E-state index in [0.717, 1.165) is 15.4 Å². The number of halogens is 2. The van der Waals surface area contributed by atoms with Crippen LogP contribution in [0.5, 0.6) is 0 Å². The highest BCUT2D eigenvalue weighted by atomic mass is 35.5. The fourth-order valence-electron chi connectivity index (χ4n) is 2.85. The van der Waals surface area contributed by atoms with Gasteiger partial charge in [0, 0.05) is 0 Å². The molecule has 0 atom stereocenters. The Kier molecular flexibility index (Phi) is 7.56. The predicted molar refractivity (Wildman–Crippen MR) is 129 cm³/mol. The third kappa shape index (κ3) is 5.68. The maximum Gasteiger partial charge on any atom is 0.264 e. The summed E-state index contributed by atoms with van der Waals surface area (Å²) in [6, 6.07) is 18.1. The molecule has 6 nitrogen and oxygen atoms in total. The van der Waals surface area contributed by atoms with Gasteiger partial charge in [0.2, 0.25) is 0 Å². The summed E-state index contributed by atoms with van der Waals surface area (Å²) in [7, 11) is -3.98. The second kappa shape index (κ2) is 10.2. The molecule has 0 aliphatic heterocycles.